The monoisotopic (exact) mass is 312 g/mol. The third-order valence-electron chi connectivity index (χ3n) is 3.04. The minimum Gasteiger partial charge on any atom is -0.351 e. The first-order valence-corrected chi connectivity index (χ1v) is 7.20. The predicted octanol–water partition coefficient (Wildman–Crippen LogP) is 2.39. The average molecular weight is 312 g/mol. The fourth-order valence-electron chi connectivity index (χ4n) is 1.86. The third-order valence-corrected chi connectivity index (χ3v) is 3.04. The predicted molar refractivity (Wildman–Crippen MR) is 87.2 cm³/mol. The van der Waals surface area contributed by atoms with Gasteiger partial charge in [0.25, 0.3) is 5.91 Å². The molecule has 0 aromatic heterocycles. The number of hydrogen-bond donors (Lipinski definition) is 2. The van der Waals surface area contributed by atoms with Crippen LogP contribution in [0.25, 0.3) is 6.08 Å². The molecule has 2 amide bonds. The van der Waals surface area contributed by atoms with Gasteiger partial charge in [-0.25, -0.2) is 4.39 Å². The number of benzene rings is 2. The van der Waals surface area contributed by atoms with E-state index in [9.17, 15) is 14.0 Å². The van der Waals surface area contributed by atoms with Crippen LogP contribution < -0.4 is 10.6 Å². The van der Waals surface area contributed by atoms with E-state index in [1.54, 1.807) is 6.08 Å². The van der Waals surface area contributed by atoms with Gasteiger partial charge in [-0.05, 0) is 35.9 Å². The van der Waals surface area contributed by atoms with Crippen LogP contribution in [0.4, 0.5) is 4.39 Å². The highest BCUT2D eigenvalue weighted by atomic mass is 19.1. The van der Waals surface area contributed by atoms with Crippen LogP contribution in [0.2, 0.25) is 0 Å². The van der Waals surface area contributed by atoms with Crippen molar-refractivity contribution in [3.05, 3.63) is 77.6 Å². The largest absolute Gasteiger partial charge is 0.351 e. The first kappa shape index (κ1) is 16.4. The van der Waals surface area contributed by atoms with Crippen molar-refractivity contribution in [2.75, 3.05) is 13.1 Å². The Balaban J connectivity index is 1.68. The summed E-state index contributed by atoms with van der Waals surface area (Å²) in [5, 5.41) is 5.32. The Morgan fingerprint density at radius 2 is 1.57 bits per heavy atom. The molecule has 0 heterocycles. The molecule has 0 aliphatic heterocycles. The van der Waals surface area contributed by atoms with Crippen LogP contribution in [0.15, 0.2) is 60.7 Å². The molecule has 118 valence electrons. The zero-order valence-electron chi connectivity index (χ0n) is 12.5. The standard InChI is InChI=1S/C18H17FN2O2/c19-16-9-7-15(8-10-16)18(23)21-13-12-20-17(22)11-6-14-4-2-1-3-5-14/h1-11H,12-13H2,(H,20,22)(H,21,23)/b11-6+. The Morgan fingerprint density at radius 3 is 2.26 bits per heavy atom. The molecule has 0 spiro atoms. The maximum atomic E-state index is 12.8. The van der Waals surface area contributed by atoms with Crippen LogP contribution in [-0.2, 0) is 4.79 Å². The summed E-state index contributed by atoms with van der Waals surface area (Å²) in [6, 6.07) is 14.7. The topological polar surface area (TPSA) is 58.2 Å². The number of carbonyl (C=O) groups excluding carboxylic acids is 2. The molecule has 4 nitrogen and oxygen atoms in total. The van der Waals surface area contributed by atoms with Crippen LogP contribution in [0.5, 0.6) is 0 Å². The molecule has 0 atom stereocenters. The van der Waals surface area contributed by atoms with Crippen molar-refractivity contribution in [2.24, 2.45) is 0 Å². The van der Waals surface area contributed by atoms with Gasteiger partial charge in [0.15, 0.2) is 0 Å². The highest BCUT2D eigenvalue weighted by Gasteiger charge is 2.04. The van der Waals surface area contributed by atoms with Gasteiger partial charge in [-0.2, -0.15) is 0 Å². The Morgan fingerprint density at radius 1 is 0.913 bits per heavy atom. The molecular weight excluding hydrogens is 295 g/mol. The lowest BCUT2D eigenvalue weighted by atomic mass is 10.2. The number of nitrogens with one attached hydrogen (secondary N) is 2. The van der Waals surface area contributed by atoms with Crippen LogP contribution in [0, 0.1) is 5.82 Å². The normalized spacial score (nSPS) is 10.5. The second-order valence-electron chi connectivity index (χ2n) is 4.80. The number of carbonyl (C=O) groups is 2. The van der Waals surface area contributed by atoms with Crippen LogP contribution in [0.3, 0.4) is 0 Å². The van der Waals surface area contributed by atoms with Crippen LogP contribution in [0.1, 0.15) is 15.9 Å². The van der Waals surface area contributed by atoms with E-state index in [0.29, 0.717) is 18.7 Å². The lowest BCUT2D eigenvalue weighted by Crippen LogP contribution is -2.33. The summed E-state index contributed by atoms with van der Waals surface area (Å²) in [6.45, 7) is 0.603. The minimum atomic E-state index is -0.390. The lowest BCUT2D eigenvalue weighted by Gasteiger charge is -2.05. The van der Waals surface area contributed by atoms with Gasteiger partial charge >= 0.3 is 0 Å². The molecule has 2 aromatic rings. The molecule has 0 bridgehead atoms. The van der Waals surface area contributed by atoms with E-state index in [2.05, 4.69) is 10.6 Å². The summed E-state index contributed by atoms with van der Waals surface area (Å²) < 4.78 is 12.8. The van der Waals surface area contributed by atoms with Gasteiger partial charge in [0.05, 0.1) is 0 Å². The SMILES string of the molecule is O=C(/C=C/c1ccccc1)NCCNC(=O)c1ccc(F)cc1. The fraction of sp³-hybridized carbons (Fsp3) is 0.111. The number of rotatable bonds is 6. The molecule has 0 saturated carbocycles. The van der Waals surface area contributed by atoms with Crippen molar-refractivity contribution in [2.45, 2.75) is 0 Å². The number of hydrogen-bond acceptors (Lipinski definition) is 2. The molecule has 5 heteroatoms. The molecular formula is C18H17FN2O2. The van der Waals surface area contributed by atoms with Gasteiger partial charge in [0.1, 0.15) is 5.82 Å². The fourth-order valence-corrected chi connectivity index (χ4v) is 1.86. The minimum absolute atomic E-state index is 0.232. The van der Waals surface area contributed by atoms with Crippen molar-refractivity contribution in [1.29, 1.82) is 0 Å². The van der Waals surface area contributed by atoms with Crippen molar-refractivity contribution < 1.29 is 14.0 Å². The summed E-state index contributed by atoms with van der Waals surface area (Å²) >= 11 is 0. The Labute approximate surface area is 134 Å². The van der Waals surface area contributed by atoms with Crippen molar-refractivity contribution >= 4 is 17.9 Å². The van der Waals surface area contributed by atoms with Gasteiger partial charge in [-0.15, -0.1) is 0 Å². The average Bonchev–Trinajstić information content (AvgIpc) is 2.58. The highest BCUT2D eigenvalue weighted by Crippen LogP contribution is 2.02. The maximum absolute atomic E-state index is 12.8. The first-order valence-electron chi connectivity index (χ1n) is 7.20. The highest BCUT2D eigenvalue weighted by molar-refractivity contribution is 5.94. The first-order chi connectivity index (χ1) is 11.1. The van der Waals surface area contributed by atoms with Gasteiger partial charge in [-0.1, -0.05) is 30.3 Å². The molecule has 23 heavy (non-hydrogen) atoms. The summed E-state index contributed by atoms with van der Waals surface area (Å²) in [5.74, 6) is -0.928. The molecule has 2 N–H and O–H groups in total. The molecule has 0 saturated heterocycles. The summed E-state index contributed by atoms with van der Waals surface area (Å²) in [6.07, 6.45) is 3.16. The van der Waals surface area contributed by atoms with Crippen LogP contribution >= 0.6 is 0 Å². The Hall–Kier alpha value is -2.95. The zero-order valence-corrected chi connectivity index (χ0v) is 12.5. The third kappa shape index (κ3) is 5.74. The molecule has 0 radical (unpaired) electrons. The van der Waals surface area contributed by atoms with Gasteiger partial charge in [0, 0.05) is 24.7 Å². The van der Waals surface area contributed by atoms with E-state index in [0.717, 1.165) is 5.56 Å². The second-order valence-corrected chi connectivity index (χ2v) is 4.80. The van der Waals surface area contributed by atoms with Crippen molar-refractivity contribution in [3.63, 3.8) is 0 Å². The summed E-state index contributed by atoms with van der Waals surface area (Å²) in [4.78, 5) is 23.4. The Kier molecular flexibility index (Phi) is 6.06. The van der Waals surface area contributed by atoms with E-state index >= 15 is 0 Å². The van der Waals surface area contributed by atoms with Gasteiger partial charge in [0.2, 0.25) is 5.91 Å². The molecule has 0 aliphatic carbocycles. The van der Waals surface area contributed by atoms with E-state index in [4.69, 9.17) is 0 Å². The number of amides is 2. The lowest BCUT2D eigenvalue weighted by molar-refractivity contribution is -0.116. The molecule has 0 fully saturated rings. The quantitative estimate of drug-likeness (QED) is 0.635. The molecule has 2 rings (SSSR count). The molecule has 2 aromatic carbocycles. The smallest absolute Gasteiger partial charge is 0.251 e. The summed E-state index contributed by atoms with van der Waals surface area (Å²) in [5.41, 5.74) is 1.31. The summed E-state index contributed by atoms with van der Waals surface area (Å²) in [7, 11) is 0. The van der Waals surface area contributed by atoms with E-state index in [1.807, 2.05) is 30.3 Å². The molecule has 0 unspecified atom stereocenters. The van der Waals surface area contributed by atoms with Crippen LogP contribution in [-0.4, -0.2) is 24.9 Å². The van der Waals surface area contributed by atoms with E-state index in [1.165, 1.54) is 30.3 Å². The van der Waals surface area contributed by atoms with Crippen molar-refractivity contribution in [3.8, 4) is 0 Å². The second kappa shape index (κ2) is 8.48. The van der Waals surface area contributed by atoms with Gasteiger partial charge in [-0.3, -0.25) is 9.59 Å². The molecule has 0 aliphatic rings. The van der Waals surface area contributed by atoms with Gasteiger partial charge < -0.3 is 10.6 Å². The number of halogens is 1. The Bertz CT molecular complexity index is 682. The van der Waals surface area contributed by atoms with Crippen molar-refractivity contribution in [1.82, 2.24) is 10.6 Å². The van der Waals surface area contributed by atoms with E-state index in [-0.39, 0.29) is 17.6 Å². The zero-order chi connectivity index (χ0) is 16.5. The van der Waals surface area contributed by atoms with E-state index < -0.39 is 0 Å². The maximum Gasteiger partial charge on any atom is 0.251 e.